The molecule has 1 amide bonds. The van der Waals surface area contributed by atoms with Gasteiger partial charge in [-0.15, -0.1) is 0 Å². The van der Waals surface area contributed by atoms with Crippen molar-refractivity contribution in [1.82, 2.24) is 15.1 Å². The Morgan fingerprint density at radius 3 is 2.70 bits per heavy atom. The van der Waals surface area contributed by atoms with E-state index in [9.17, 15) is 13.2 Å². The highest BCUT2D eigenvalue weighted by Gasteiger charge is 2.35. The molecule has 1 aromatic carbocycles. The van der Waals surface area contributed by atoms with E-state index < -0.39 is 10.0 Å². The van der Waals surface area contributed by atoms with Crippen LogP contribution in [0.4, 0.5) is 5.69 Å². The van der Waals surface area contributed by atoms with Gasteiger partial charge in [0.2, 0.25) is 5.91 Å². The first-order valence-corrected chi connectivity index (χ1v) is 10.6. The largest absolute Gasteiger partial charge is 0.352 e. The minimum absolute atomic E-state index is 0.00310. The molecule has 0 saturated heterocycles. The van der Waals surface area contributed by atoms with Crippen molar-refractivity contribution in [1.29, 1.82) is 0 Å². The molecule has 1 aromatic heterocycles. The summed E-state index contributed by atoms with van der Waals surface area (Å²) in [7, 11) is -3.74. The van der Waals surface area contributed by atoms with Gasteiger partial charge in [0.25, 0.3) is 10.0 Å². The van der Waals surface area contributed by atoms with Crippen molar-refractivity contribution in [2.75, 3.05) is 10.8 Å². The van der Waals surface area contributed by atoms with Crippen LogP contribution in [0.2, 0.25) is 0 Å². The zero-order valence-electron chi connectivity index (χ0n) is 16.2. The molecule has 0 fully saturated rings. The van der Waals surface area contributed by atoms with Crippen LogP contribution >= 0.6 is 0 Å². The molecule has 0 saturated carbocycles. The van der Waals surface area contributed by atoms with Gasteiger partial charge in [-0.2, -0.15) is 5.10 Å². The van der Waals surface area contributed by atoms with E-state index >= 15 is 0 Å². The first kappa shape index (κ1) is 19.4. The van der Waals surface area contributed by atoms with Crippen molar-refractivity contribution in [2.45, 2.75) is 58.0 Å². The maximum Gasteiger partial charge on any atom is 0.268 e. The van der Waals surface area contributed by atoms with Crippen LogP contribution in [-0.4, -0.2) is 36.7 Å². The summed E-state index contributed by atoms with van der Waals surface area (Å²) < 4.78 is 29.6. The Balaban J connectivity index is 1.91. The average Bonchev–Trinajstić information content (AvgIpc) is 3.16. The first-order valence-electron chi connectivity index (χ1n) is 9.19. The normalized spacial score (nSPS) is 14.9. The predicted octanol–water partition coefficient (Wildman–Crippen LogP) is 2.17. The summed E-state index contributed by atoms with van der Waals surface area (Å²) in [6, 6.07) is 7.61. The lowest BCUT2D eigenvalue weighted by Gasteiger charge is -2.19. The van der Waals surface area contributed by atoms with Gasteiger partial charge in [0.05, 0.1) is 17.1 Å². The number of aryl methyl sites for hydroxylation is 1. The Labute approximate surface area is 160 Å². The number of aromatic nitrogens is 2. The lowest BCUT2D eigenvalue weighted by molar-refractivity contribution is -0.122. The third-order valence-corrected chi connectivity index (χ3v) is 7.09. The molecule has 1 unspecified atom stereocenters. The number of hydrogen-bond acceptors (Lipinski definition) is 4. The fraction of sp³-hybridized carbons (Fsp3) is 0.474. The van der Waals surface area contributed by atoms with Gasteiger partial charge in [0.1, 0.15) is 11.4 Å². The number of anilines is 1. The number of amides is 1. The van der Waals surface area contributed by atoms with Crippen LogP contribution in [-0.2, 0) is 27.8 Å². The quantitative estimate of drug-likeness (QED) is 0.819. The zero-order chi connectivity index (χ0) is 19.8. The summed E-state index contributed by atoms with van der Waals surface area (Å²) in [5.41, 5.74) is 2.64. The van der Waals surface area contributed by atoms with Crippen LogP contribution < -0.4 is 9.62 Å². The number of nitrogens with one attached hydrogen (secondary N) is 1. The van der Waals surface area contributed by atoms with Gasteiger partial charge in [-0.3, -0.25) is 13.8 Å². The molecule has 1 aliphatic rings. The number of benzene rings is 1. The molecule has 0 bridgehead atoms. The fourth-order valence-electron chi connectivity index (χ4n) is 3.43. The molecule has 0 aliphatic carbocycles. The second-order valence-electron chi connectivity index (χ2n) is 6.99. The number of carbonyl (C=O) groups excluding carboxylic acids is 1. The standard InChI is InChI=1S/C19H26N4O3S/c1-5-13(2)20-18(24)12-22-15(4)19(14(3)21-22)27(25,26)23-11-10-16-8-6-7-9-17(16)23/h6-9,13H,5,10-12H2,1-4H3,(H,20,24). The van der Waals surface area contributed by atoms with Crippen LogP contribution in [0, 0.1) is 13.8 Å². The molecule has 0 radical (unpaired) electrons. The first-order chi connectivity index (χ1) is 12.8. The summed E-state index contributed by atoms with van der Waals surface area (Å²) in [5, 5.41) is 7.21. The van der Waals surface area contributed by atoms with Crippen LogP contribution in [0.3, 0.4) is 0 Å². The lowest BCUT2D eigenvalue weighted by atomic mass is 10.2. The summed E-state index contributed by atoms with van der Waals surface area (Å²) in [6.07, 6.45) is 1.52. The molecule has 1 atom stereocenters. The van der Waals surface area contributed by atoms with Crippen molar-refractivity contribution in [3.63, 3.8) is 0 Å². The Morgan fingerprint density at radius 2 is 2.00 bits per heavy atom. The topological polar surface area (TPSA) is 84.3 Å². The number of nitrogens with zero attached hydrogens (tertiary/aromatic N) is 3. The summed E-state index contributed by atoms with van der Waals surface area (Å²) >= 11 is 0. The molecule has 27 heavy (non-hydrogen) atoms. The highest BCUT2D eigenvalue weighted by molar-refractivity contribution is 7.93. The molecule has 7 nitrogen and oxygen atoms in total. The average molecular weight is 391 g/mol. The number of fused-ring (bicyclic) bond motifs is 1. The molecular formula is C19H26N4O3S. The minimum atomic E-state index is -3.74. The third-order valence-electron chi connectivity index (χ3n) is 5.02. The van der Waals surface area contributed by atoms with Crippen molar-refractivity contribution in [3.8, 4) is 0 Å². The smallest absolute Gasteiger partial charge is 0.268 e. The number of hydrogen-bond donors (Lipinski definition) is 1. The highest BCUT2D eigenvalue weighted by Crippen LogP contribution is 2.34. The Bertz CT molecular complexity index is 965. The third kappa shape index (κ3) is 3.58. The van der Waals surface area contributed by atoms with E-state index in [1.54, 1.807) is 13.8 Å². The van der Waals surface area contributed by atoms with Gasteiger partial charge in [-0.05, 0) is 45.2 Å². The summed E-state index contributed by atoms with van der Waals surface area (Å²) in [4.78, 5) is 12.4. The molecule has 0 spiro atoms. The molecule has 1 N–H and O–H groups in total. The van der Waals surface area contributed by atoms with Crippen LogP contribution in [0.1, 0.15) is 37.2 Å². The maximum atomic E-state index is 13.3. The van der Waals surface area contributed by atoms with Gasteiger partial charge in [-0.1, -0.05) is 25.1 Å². The van der Waals surface area contributed by atoms with Crippen molar-refractivity contribution >= 4 is 21.6 Å². The fourth-order valence-corrected chi connectivity index (χ4v) is 5.32. The number of rotatable bonds is 6. The number of carbonyl (C=O) groups is 1. The number of sulfonamides is 1. The Kier molecular flexibility index (Phi) is 5.28. The molecule has 2 heterocycles. The van der Waals surface area contributed by atoms with E-state index in [0.29, 0.717) is 24.4 Å². The second-order valence-corrected chi connectivity index (χ2v) is 8.79. The van der Waals surface area contributed by atoms with Gasteiger partial charge in [0.15, 0.2) is 0 Å². The van der Waals surface area contributed by atoms with Gasteiger partial charge < -0.3 is 5.32 Å². The van der Waals surface area contributed by atoms with Crippen LogP contribution in [0.5, 0.6) is 0 Å². The molecule has 8 heteroatoms. The molecular weight excluding hydrogens is 364 g/mol. The van der Waals surface area contributed by atoms with Gasteiger partial charge in [-0.25, -0.2) is 8.42 Å². The van der Waals surface area contributed by atoms with Gasteiger partial charge >= 0.3 is 0 Å². The highest BCUT2D eigenvalue weighted by atomic mass is 32.2. The predicted molar refractivity (Wildman–Crippen MR) is 104 cm³/mol. The van der Waals surface area contributed by atoms with Crippen molar-refractivity contribution in [2.24, 2.45) is 0 Å². The monoisotopic (exact) mass is 390 g/mol. The minimum Gasteiger partial charge on any atom is -0.352 e. The van der Waals surface area contributed by atoms with E-state index in [-0.39, 0.29) is 23.4 Å². The molecule has 146 valence electrons. The number of para-hydroxylation sites is 1. The summed E-state index contributed by atoms with van der Waals surface area (Å²) in [5.74, 6) is -0.176. The maximum absolute atomic E-state index is 13.3. The van der Waals surface area contributed by atoms with Crippen LogP contribution in [0.25, 0.3) is 0 Å². The Morgan fingerprint density at radius 1 is 1.30 bits per heavy atom. The van der Waals surface area contributed by atoms with E-state index in [1.807, 2.05) is 38.1 Å². The van der Waals surface area contributed by atoms with E-state index in [4.69, 9.17) is 0 Å². The molecule has 1 aliphatic heterocycles. The molecule has 2 aromatic rings. The zero-order valence-corrected chi connectivity index (χ0v) is 17.0. The van der Waals surface area contributed by atoms with Crippen LogP contribution in [0.15, 0.2) is 29.2 Å². The summed E-state index contributed by atoms with van der Waals surface area (Å²) in [6.45, 7) is 7.71. The van der Waals surface area contributed by atoms with E-state index in [2.05, 4.69) is 10.4 Å². The molecule has 3 rings (SSSR count). The van der Waals surface area contributed by atoms with Gasteiger partial charge in [0, 0.05) is 12.6 Å². The lowest BCUT2D eigenvalue weighted by Crippen LogP contribution is -2.35. The SMILES string of the molecule is CCC(C)NC(=O)Cn1nc(C)c(S(=O)(=O)N2CCc3ccccc32)c1C. The second kappa shape index (κ2) is 7.34. The van der Waals surface area contributed by atoms with E-state index in [1.165, 1.54) is 8.99 Å². The van der Waals surface area contributed by atoms with Crippen molar-refractivity contribution in [3.05, 3.63) is 41.2 Å². The van der Waals surface area contributed by atoms with E-state index in [0.717, 1.165) is 17.7 Å². The van der Waals surface area contributed by atoms with Crippen molar-refractivity contribution < 1.29 is 13.2 Å². The Hall–Kier alpha value is -2.35.